The van der Waals surface area contributed by atoms with Gasteiger partial charge in [-0.25, -0.2) is 4.98 Å². The Kier molecular flexibility index (Phi) is 6.00. The number of aliphatic hydroxyl groups excluding tert-OH is 2. The first-order valence-corrected chi connectivity index (χ1v) is 9.42. The van der Waals surface area contributed by atoms with Crippen LogP contribution >= 0.6 is 11.3 Å². The molecule has 2 heterocycles. The van der Waals surface area contributed by atoms with E-state index in [4.69, 9.17) is 10.2 Å². The Bertz CT molecular complexity index is 991. The van der Waals surface area contributed by atoms with E-state index < -0.39 is 0 Å². The number of benzene rings is 1. The molecule has 27 heavy (non-hydrogen) atoms. The van der Waals surface area contributed by atoms with Crippen molar-refractivity contribution in [2.24, 2.45) is 0 Å². The quantitative estimate of drug-likeness (QED) is 0.636. The van der Waals surface area contributed by atoms with Gasteiger partial charge in [-0.1, -0.05) is 30.3 Å². The highest BCUT2D eigenvalue weighted by atomic mass is 32.1. The highest BCUT2D eigenvalue weighted by Crippen LogP contribution is 2.28. The number of thiophene rings is 1. The summed E-state index contributed by atoms with van der Waals surface area (Å²) in [5.41, 5.74) is 1.38. The minimum Gasteiger partial charge on any atom is -0.395 e. The number of nitrogens with zero attached hydrogens (tertiary/aromatic N) is 3. The number of hydrogen-bond acceptors (Lipinski definition) is 6. The molecule has 1 amide bonds. The first kappa shape index (κ1) is 19.2. The van der Waals surface area contributed by atoms with Crippen LogP contribution < -0.4 is 5.56 Å². The third-order valence-electron chi connectivity index (χ3n) is 4.33. The lowest BCUT2D eigenvalue weighted by Crippen LogP contribution is -2.35. The van der Waals surface area contributed by atoms with Crippen molar-refractivity contribution in [2.45, 2.75) is 13.5 Å². The Balaban J connectivity index is 2.01. The third kappa shape index (κ3) is 3.92. The molecule has 0 fully saturated rings. The van der Waals surface area contributed by atoms with E-state index in [-0.39, 0.29) is 37.8 Å². The summed E-state index contributed by atoms with van der Waals surface area (Å²) in [6.07, 6.45) is 1.50. The molecule has 1 aromatic carbocycles. The first-order chi connectivity index (χ1) is 13.1. The number of amides is 1. The molecule has 0 aliphatic carbocycles. The van der Waals surface area contributed by atoms with Crippen molar-refractivity contribution in [3.8, 4) is 0 Å². The van der Waals surface area contributed by atoms with Gasteiger partial charge in [0.1, 0.15) is 4.83 Å². The molecule has 7 nitrogen and oxygen atoms in total. The summed E-state index contributed by atoms with van der Waals surface area (Å²) >= 11 is 1.16. The third-order valence-corrected chi connectivity index (χ3v) is 5.52. The van der Waals surface area contributed by atoms with Gasteiger partial charge in [0.15, 0.2) is 0 Å². The van der Waals surface area contributed by atoms with E-state index in [2.05, 4.69) is 4.98 Å². The van der Waals surface area contributed by atoms with Gasteiger partial charge in [-0.2, -0.15) is 0 Å². The van der Waals surface area contributed by atoms with Gasteiger partial charge in [-0.3, -0.25) is 14.2 Å². The van der Waals surface area contributed by atoms with E-state index in [1.807, 2.05) is 30.3 Å². The molecule has 0 aliphatic heterocycles. The normalized spacial score (nSPS) is 11.1. The summed E-state index contributed by atoms with van der Waals surface area (Å²) in [4.78, 5) is 32.4. The molecule has 0 aliphatic rings. The first-order valence-electron chi connectivity index (χ1n) is 8.60. The Labute approximate surface area is 160 Å². The van der Waals surface area contributed by atoms with Crippen molar-refractivity contribution in [2.75, 3.05) is 26.3 Å². The van der Waals surface area contributed by atoms with Crippen LogP contribution in [0.4, 0.5) is 0 Å². The monoisotopic (exact) mass is 387 g/mol. The van der Waals surface area contributed by atoms with E-state index in [0.717, 1.165) is 16.9 Å². The Morgan fingerprint density at radius 3 is 2.48 bits per heavy atom. The molecule has 0 atom stereocenters. The summed E-state index contributed by atoms with van der Waals surface area (Å²) < 4.78 is 1.53. The minimum absolute atomic E-state index is 0.124. The van der Waals surface area contributed by atoms with Gasteiger partial charge < -0.3 is 15.1 Å². The van der Waals surface area contributed by atoms with Gasteiger partial charge in [0, 0.05) is 13.1 Å². The predicted octanol–water partition coefficient (Wildman–Crippen LogP) is 1.24. The fourth-order valence-corrected chi connectivity index (χ4v) is 4.06. The number of aryl methyl sites for hydroxylation is 1. The van der Waals surface area contributed by atoms with E-state index in [1.165, 1.54) is 15.8 Å². The van der Waals surface area contributed by atoms with Crippen LogP contribution in [0.3, 0.4) is 0 Å². The van der Waals surface area contributed by atoms with E-state index in [1.54, 1.807) is 6.92 Å². The highest BCUT2D eigenvalue weighted by molar-refractivity contribution is 7.20. The maximum atomic E-state index is 12.9. The SMILES string of the molecule is Cc1c(C(=O)N(CCO)CCO)sc2ncn(Cc3ccccc3)c(=O)c12. The molecule has 0 bridgehead atoms. The maximum Gasteiger partial charge on any atom is 0.264 e. The average Bonchev–Trinajstić information content (AvgIpc) is 3.01. The number of rotatable bonds is 7. The summed E-state index contributed by atoms with van der Waals surface area (Å²) in [5.74, 6) is -0.312. The minimum atomic E-state index is -0.312. The van der Waals surface area contributed by atoms with Crippen LogP contribution in [-0.4, -0.2) is 56.9 Å². The van der Waals surface area contributed by atoms with Gasteiger partial charge in [0.05, 0.1) is 36.3 Å². The fraction of sp³-hybridized carbons (Fsp3) is 0.316. The summed E-state index contributed by atoms with van der Waals surface area (Å²) in [6, 6.07) is 9.62. The zero-order valence-corrected chi connectivity index (χ0v) is 15.8. The van der Waals surface area contributed by atoms with Gasteiger partial charge in [0.25, 0.3) is 11.5 Å². The molecule has 2 N–H and O–H groups in total. The predicted molar refractivity (Wildman–Crippen MR) is 104 cm³/mol. The van der Waals surface area contributed by atoms with Crippen molar-refractivity contribution in [3.63, 3.8) is 0 Å². The zero-order valence-electron chi connectivity index (χ0n) is 15.0. The average molecular weight is 387 g/mol. The van der Waals surface area contributed by atoms with Crippen molar-refractivity contribution in [3.05, 3.63) is 63.0 Å². The lowest BCUT2D eigenvalue weighted by atomic mass is 10.2. The van der Waals surface area contributed by atoms with Gasteiger partial charge in [-0.15, -0.1) is 11.3 Å². The second kappa shape index (κ2) is 8.43. The second-order valence-electron chi connectivity index (χ2n) is 6.14. The summed E-state index contributed by atoms with van der Waals surface area (Å²) in [7, 11) is 0. The molecular weight excluding hydrogens is 366 g/mol. The van der Waals surface area contributed by atoms with Crippen LogP contribution in [0.1, 0.15) is 20.8 Å². The molecular formula is C19H21N3O4S. The largest absolute Gasteiger partial charge is 0.395 e. The molecule has 8 heteroatoms. The molecule has 142 valence electrons. The van der Waals surface area contributed by atoms with Crippen LogP contribution in [0.5, 0.6) is 0 Å². The fourth-order valence-electron chi connectivity index (χ4n) is 2.96. The standard InChI is InChI=1S/C19H21N3O4S/c1-13-15-17(27-16(13)19(26)21(7-9-23)8-10-24)20-12-22(18(15)25)11-14-5-3-2-4-6-14/h2-6,12,23-24H,7-11H2,1H3. The van der Waals surface area contributed by atoms with Crippen molar-refractivity contribution >= 4 is 27.5 Å². The Morgan fingerprint density at radius 2 is 1.85 bits per heavy atom. The van der Waals surface area contributed by atoms with E-state index in [9.17, 15) is 9.59 Å². The molecule has 3 aromatic rings. The van der Waals surface area contributed by atoms with Gasteiger partial charge >= 0.3 is 0 Å². The smallest absolute Gasteiger partial charge is 0.264 e. The van der Waals surface area contributed by atoms with Crippen molar-refractivity contribution in [1.29, 1.82) is 0 Å². The van der Waals surface area contributed by atoms with Crippen LogP contribution in [0.2, 0.25) is 0 Å². The number of carbonyl (C=O) groups excluding carboxylic acids is 1. The summed E-state index contributed by atoms with van der Waals surface area (Å²) in [6.45, 7) is 1.99. The topological polar surface area (TPSA) is 95.7 Å². The summed E-state index contributed by atoms with van der Waals surface area (Å²) in [5, 5.41) is 18.7. The Hall–Kier alpha value is -2.55. The lowest BCUT2D eigenvalue weighted by molar-refractivity contribution is 0.0689. The molecule has 0 unspecified atom stereocenters. The van der Waals surface area contributed by atoms with E-state index in [0.29, 0.717) is 27.2 Å². The van der Waals surface area contributed by atoms with Crippen LogP contribution in [-0.2, 0) is 6.54 Å². The van der Waals surface area contributed by atoms with Gasteiger partial charge in [0.2, 0.25) is 0 Å². The molecule has 0 saturated heterocycles. The second-order valence-corrected chi connectivity index (χ2v) is 7.14. The number of hydrogen-bond donors (Lipinski definition) is 2. The maximum absolute atomic E-state index is 12.9. The number of aromatic nitrogens is 2. The molecule has 3 rings (SSSR count). The molecule has 0 radical (unpaired) electrons. The molecule has 0 saturated carbocycles. The Morgan fingerprint density at radius 1 is 1.19 bits per heavy atom. The van der Waals surface area contributed by atoms with Crippen LogP contribution in [0, 0.1) is 6.92 Å². The number of carbonyl (C=O) groups is 1. The lowest BCUT2D eigenvalue weighted by Gasteiger charge is -2.20. The molecule has 2 aromatic heterocycles. The van der Waals surface area contributed by atoms with E-state index >= 15 is 0 Å². The van der Waals surface area contributed by atoms with Crippen LogP contribution in [0.25, 0.3) is 10.2 Å². The molecule has 0 spiro atoms. The van der Waals surface area contributed by atoms with Crippen molar-refractivity contribution < 1.29 is 15.0 Å². The highest BCUT2D eigenvalue weighted by Gasteiger charge is 2.23. The van der Waals surface area contributed by atoms with Gasteiger partial charge in [-0.05, 0) is 18.1 Å². The van der Waals surface area contributed by atoms with Crippen molar-refractivity contribution in [1.82, 2.24) is 14.5 Å². The van der Waals surface area contributed by atoms with Crippen LogP contribution in [0.15, 0.2) is 41.5 Å². The number of aliphatic hydroxyl groups is 2. The number of fused-ring (bicyclic) bond motifs is 1. The zero-order chi connectivity index (χ0) is 19.4.